The molecule has 1 atom stereocenters. The predicted molar refractivity (Wildman–Crippen MR) is 66.4 cm³/mol. The Balaban J connectivity index is 2.46. The lowest BCUT2D eigenvalue weighted by atomic mass is 9.95. The minimum Gasteiger partial charge on any atom is -0.320 e. The summed E-state index contributed by atoms with van der Waals surface area (Å²) in [5, 5.41) is 0. The van der Waals surface area contributed by atoms with E-state index < -0.39 is 23.6 Å². The molecule has 1 aromatic heterocycles. The molecule has 2 aromatic rings. The number of alkyl halides is 3. The van der Waals surface area contributed by atoms with E-state index in [1.54, 1.807) is 19.2 Å². The Labute approximate surface area is 113 Å². The van der Waals surface area contributed by atoms with E-state index in [0.717, 1.165) is 17.7 Å². The fourth-order valence-corrected chi connectivity index (χ4v) is 1.97. The van der Waals surface area contributed by atoms with Gasteiger partial charge in [0.15, 0.2) is 0 Å². The summed E-state index contributed by atoms with van der Waals surface area (Å²) < 4.78 is 51.3. The Bertz CT molecular complexity index is 623. The van der Waals surface area contributed by atoms with Gasteiger partial charge in [-0.05, 0) is 41.8 Å². The number of benzene rings is 1. The molecule has 0 radical (unpaired) electrons. The van der Waals surface area contributed by atoms with E-state index in [-0.39, 0.29) is 5.56 Å². The molecule has 2 nitrogen and oxygen atoms in total. The molecule has 0 fully saturated rings. The van der Waals surface area contributed by atoms with E-state index in [1.165, 1.54) is 12.3 Å². The summed E-state index contributed by atoms with van der Waals surface area (Å²) in [6.07, 6.45) is -1.66. The van der Waals surface area contributed by atoms with Gasteiger partial charge in [-0.1, -0.05) is 6.07 Å². The van der Waals surface area contributed by atoms with E-state index in [0.29, 0.717) is 5.56 Å². The maximum absolute atomic E-state index is 13.2. The molecule has 20 heavy (non-hydrogen) atoms. The zero-order valence-corrected chi connectivity index (χ0v) is 10.6. The van der Waals surface area contributed by atoms with Crippen molar-refractivity contribution < 1.29 is 17.6 Å². The number of nitrogens with two attached hydrogens (primary N) is 1. The van der Waals surface area contributed by atoms with Gasteiger partial charge in [0, 0.05) is 12.4 Å². The van der Waals surface area contributed by atoms with E-state index in [1.807, 2.05) is 0 Å². The number of pyridine rings is 1. The zero-order chi connectivity index (χ0) is 14.9. The quantitative estimate of drug-likeness (QED) is 0.856. The summed E-state index contributed by atoms with van der Waals surface area (Å²) in [7, 11) is 0. The first-order valence-corrected chi connectivity index (χ1v) is 5.83. The lowest BCUT2D eigenvalue weighted by Crippen LogP contribution is -2.16. The standard InChI is InChI=1S/C14H12F4N2/c1-8-7-20-5-4-10(8)13(19)9-2-3-12(15)11(6-9)14(16,17)18/h2-7,13H,19H2,1H3. The number of hydrogen-bond donors (Lipinski definition) is 1. The summed E-state index contributed by atoms with van der Waals surface area (Å²) >= 11 is 0. The highest BCUT2D eigenvalue weighted by molar-refractivity contribution is 5.37. The monoisotopic (exact) mass is 284 g/mol. The molecule has 0 aliphatic heterocycles. The molecule has 6 heteroatoms. The van der Waals surface area contributed by atoms with Crippen LogP contribution in [0, 0.1) is 12.7 Å². The van der Waals surface area contributed by atoms with Crippen molar-refractivity contribution >= 4 is 0 Å². The number of halogens is 4. The van der Waals surface area contributed by atoms with Crippen LogP contribution in [-0.2, 0) is 6.18 Å². The Morgan fingerprint density at radius 3 is 2.50 bits per heavy atom. The minimum absolute atomic E-state index is 0.202. The van der Waals surface area contributed by atoms with Crippen LogP contribution in [0.25, 0.3) is 0 Å². The molecule has 0 amide bonds. The number of aromatic nitrogens is 1. The summed E-state index contributed by atoms with van der Waals surface area (Å²) in [5.41, 5.74) is 6.27. The third-order valence-corrected chi connectivity index (χ3v) is 3.05. The molecule has 2 rings (SSSR count). The third-order valence-electron chi connectivity index (χ3n) is 3.05. The second-order valence-electron chi connectivity index (χ2n) is 4.45. The highest BCUT2D eigenvalue weighted by Crippen LogP contribution is 2.33. The highest BCUT2D eigenvalue weighted by atomic mass is 19.4. The zero-order valence-electron chi connectivity index (χ0n) is 10.6. The first kappa shape index (κ1) is 14.5. The number of hydrogen-bond acceptors (Lipinski definition) is 2. The van der Waals surface area contributed by atoms with Crippen molar-refractivity contribution in [3.8, 4) is 0 Å². The topological polar surface area (TPSA) is 38.9 Å². The van der Waals surface area contributed by atoms with E-state index in [9.17, 15) is 17.6 Å². The summed E-state index contributed by atoms with van der Waals surface area (Å²) in [6, 6.07) is 3.67. The van der Waals surface area contributed by atoms with Crippen LogP contribution in [-0.4, -0.2) is 4.98 Å². The van der Waals surface area contributed by atoms with Crippen LogP contribution in [0.1, 0.15) is 28.3 Å². The van der Waals surface area contributed by atoms with Gasteiger partial charge >= 0.3 is 6.18 Å². The maximum atomic E-state index is 13.2. The van der Waals surface area contributed by atoms with Gasteiger partial charge in [0.05, 0.1) is 11.6 Å². The molecule has 0 saturated heterocycles. The van der Waals surface area contributed by atoms with Gasteiger partial charge in [0.2, 0.25) is 0 Å². The van der Waals surface area contributed by atoms with Gasteiger partial charge in [0.1, 0.15) is 5.82 Å². The molecule has 1 aromatic carbocycles. The van der Waals surface area contributed by atoms with Crippen molar-refractivity contribution in [3.05, 3.63) is 64.7 Å². The van der Waals surface area contributed by atoms with Gasteiger partial charge in [0.25, 0.3) is 0 Å². The fraction of sp³-hybridized carbons (Fsp3) is 0.214. The van der Waals surface area contributed by atoms with Gasteiger partial charge < -0.3 is 5.73 Å². The molecule has 0 aliphatic rings. The Morgan fingerprint density at radius 1 is 1.20 bits per heavy atom. The van der Waals surface area contributed by atoms with Crippen LogP contribution in [0.2, 0.25) is 0 Å². The molecule has 1 heterocycles. The number of nitrogens with zero attached hydrogens (tertiary/aromatic N) is 1. The molecule has 0 saturated carbocycles. The third kappa shape index (κ3) is 2.80. The van der Waals surface area contributed by atoms with Gasteiger partial charge in [-0.3, -0.25) is 4.98 Å². The molecule has 1 unspecified atom stereocenters. The molecule has 0 aliphatic carbocycles. The first-order chi connectivity index (χ1) is 9.30. The SMILES string of the molecule is Cc1cnccc1C(N)c1ccc(F)c(C(F)(F)F)c1. The fourth-order valence-electron chi connectivity index (χ4n) is 1.97. The van der Waals surface area contributed by atoms with Crippen molar-refractivity contribution in [3.63, 3.8) is 0 Å². The second-order valence-corrected chi connectivity index (χ2v) is 4.45. The van der Waals surface area contributed by atoms with E-state index in [2.05, 4.69) is 4.98 Å². The smallest absolute Gasteiger partial charge is 0.320 e. The van der Waals surface area contributed by atoms with Crippen LogP contribution in [0.15, 0.2) is 36.7 Å². The molecule has 0 bridgehead atoms. The summed E-state index contributed by atoms with van der Waals surface area (Å²) in [6.45, 7) is 1.76. The highest BCUT2D eigenvalue weighted by Gasteiger charge is 2.34. The lowest BCUT2D eigenvalue weighted by Gasteiger charge is -2.17. The molecular weight excluding hydrogens is 272 g/mol. The van der Waals surface area contributed by atoms with Gasteiger partial charge in [-0.2, -0.15) is 13.2 Å². The minimum atomic E-state index is -4.74. The van der Waals surface area contributed by atoms with Crippen LogP contribution < -0.4 is 5.73 Å². The largest absolute Gasteiger partial charge is 0.419 e. The van der Waals surface area contributed by atoms with Crippen LogP contribution in [0.3, 0.4) is 0 Å². The summed E-state index contributed by atoms with van der Waals surface area (Å²) in [4.78, 5) is 3.90. The van der Waals surface area contributed by atoms with Gasteiger partial charge in [-0.25, -0.2) is 4.39 Å². The van der Waals surface area contributed by atoms with Crippen molar-refractivity contribution in [1.82, 2.24) is 4.98 Å². The molecule has 2 N–H and O–H groups in total. The number of aryl methyl sites for hydroxylation is 1. The summed E-state index contributed by atoms with van der Waals surface area (Å²) in [5.74, 6) is -1.31. The normalized spacial score (nSPS) is 13.3. The van der Waals surface area contributed by atoms with Crippen LogP contribution in [0.5, 0.6) is 0 Å². The van der Waals surface area contributed by atoms with Gasteiger partial charge in [-0.15, -0.1) is 0 Å². The second kappa shape index (κ2) is 5.20. The molecule has 0 spiro atoms. The average Bonchev–Trinajstić information content (AvgIpc) is 2.37. The predicted octanol–water partition coefficient (Wildman–Crippen LogP) is 3.60. The van der Waals surface area contributed by atoms with Crippen molar-refractivity contribution in [2.75, 3.05) is 0 Å². The van der Waals surface area contributed by atoms with E-state index >= 15 is 0 Å². The number of rotatable bonds is 2. The molecule has 106 valence electrons. The molecular formula is C14H12F4N2. The Hall–Kier alpha value is -1.95. The van der Waals surface area contributed by atoms with E-state index in [4.69, 9.17) is 5.73 Å². The first-order valence-electron chi connectivity index (χ1n) is 5.83. The Morgan fingerprint density at radius 2 is 1.90 bits per heavy atom. The lowest BCUT2D eigenvalue weighted by molar-refractivity contribution is -0.140. The average molecular weight is 284 g/mol. The van der Waals surface area contributed by atoms with Crippen molar-refractivity contribution in [1.29, 1.82) is 0 Å². The maximum Gasteiger partial charge on any atom is 0.419 e. The Kier molecular flexibility index (Phi) is 3.76. The van der Waals surface area contributed by atoms with Crippen molar-refractivity contribution in [2.24, 2.45) is 5.73 Å². The van der Waals surface area contributed by atoms with Crippen LogP contribution in [0.4, 0.5) is 17.6 Å². The van der Waals surface area contributed by atoms with Crippen molar-refractivity contribution in [2.45, 2.75) is 19.1 Å². The van der Waals surface area contributed by atoms with Crippen LogP contribution >= 0.6 is 0 Å².